The minimum atomic E-state index is -0.265. The summed E-state index contributed by atoms with van der Waals surface area (Å²) in [6.07, 6.45) is 2.74. The van der Waals surface area contributed by atoms with E-state index in [9.17, 15) is 4.79 Å². The summed E-state index contributed by atoms with van der Waals surface area (Å²) in [5.41, 5.74) is 0.716. The molecular weight excluding hydrogens is 279 g/mol. The SMILES string of the molecule is CC1CCC(C(C)(C)c2cc(Cl)ccc2Cl)C(=O)C1. The average Bonchev–Trinajstić information content (AvgIpc) is 2.31. The highest BCUT2D eigenvalue weighted by Gasteiger charge is 2.40. The molecule has 1 fully saturated rings. The number of benzene rings is 1. The largest absolute Gasteiger partial charge is 0.299 e. The van der Waals surface area contributed by atoms with Crippen molar-refractivity contribution in [3.05, 3.63) is 33.8 Å². The average molecular weight is 299 g/mol. The summed E-state index contributed by atoms with van der Waals surface area (Å²) in [7, 11) is 0. The predicted molar refractivity (Wildman–Crippen MR) is 81.0 cm³/mol. The molecule has 0 aromatic heterocycles. The van der Waals surface area contributed by atoms with Gasteiger partial charge in [0.15, 0.2) is 0 Å². The lowest BCUT2D eigenvalue weighted by Crippen LogP contribution is -2.38. The van der Waals surface area contributed by atoms with Gasteiger partial charge in [-0.3, -0.25) is 4.79 Å². The third kappa shape index (κ3) is 2.98. The third-order valence-electron chi connectivity index (χ3n) is 4.38. The number of Topliss-reactive ketones (excluding diaryl/α,β-unsaturated/α-hetero) is 1. The van der Waals surface area contributed by atoms with Crippen LogP contribution in [0.15, 0.2) is 18.2 Å². The minimum Gasteiger partial charge on any atom is -0.299 e. The first kappa shape index (κ1) is 14.9. The van der Waals surface area contributed by atoms with Crippen LogP contribution < -0.4 is 0 Å². The van der Waals surface area contributed by atoms with Crippen molar-refractivity contribution in [3.63, 3.8) is 0 Å². The van der Waals surface area contributed by atoms with Gasteiger partial charge in [-0.05, 0) is 42.5 Å². The van der Waals surface area contributed by atoms with Crippen molar-refractivity contribution < 1.29 is 4.79 Å². The Morgan fingerprint density at radius 1 is 1.21 bits per heavy atom. The van der Waals surface area contributed by atoms with E-state index in [1.165, 1.54) is 0 Å². The van der Waals surface area contributed by atoms with Gasteiger partial charge in [-0.1, -0.05) is 44.0 Å². The van der Waals surface area contributed by atoms with Gasteiger partial charge in [0.05, 0.1) is 0 Å². The van der Waals surface area contributed by atoms with E-state index in [1.807, 2.05) is 12.1 Å². The number of hydrogen-bond donors (Lipinski definition) is 0. The Bertz CT molecular complexity index is 494. The van der Waals surface area contributed by atoms with Gasteiger partial charge in [0, 0.05) is 27.8 Å². The third-order valence-corrected chi connectivity index (χ3v) is 4.94. The Labute approximate surface area is 125 Å². The smallest absolute Gasteiger partial charge is 0.137 e. The van der Waals surface area contributed by atoms with E-state index < -0.39 is 0 Å². The van der Waals surface area contributed by atoms with E-state index in [2.05, 4.69) is 20.8 Å². The van der Waals surface area contributed by atoms with E-state index in [1.54, 1.807) is 6.07 Å². The van der Waals surface area contributed by atoms with Gasteiger partial charge in [0.2, 0.25) is 0 Å². The van der Waals surface area contributed by atoms with Crippen LogP contribution in [0.5, 0.6) is 0 Å². The fourth-order valence-electron chi connectivity index (χ4n) is 3.14. The zero-order valence-corrected chi connectivity index (χ0v) is 13.2. The monoisotopic (exact) mass is 298 g/mol. The van der Waals surface area contributed by atoms with Crippen LogP contribution in [0.1, 0.15) is 45.6 Å². The van der Waals surface area contributed by atoms with E-state index >= 15 is 0 Å². The molecule has 0 N–H and O–H groups in total. The molecule has 1 saturated carbocycles. The first-order valence-corrected chi connectivity index (χ1v) is 7.56. The topological polar surface area (TPSA) is 17.1 Å². The molecular formula is C16H20Cl2O. The number of halogens is 2. The molecule has 1 nitrogen and oxygen atoms in total. The van der Waals surface area contributed by atoms with Crippen LogP contribution in [0, 0.1) is 11.8 Å². The summed E-state index contributed by atoms with van der Waals surface area (Å²) in [6.45, 7) is 6.35. The molecule has 1 aromatic rings. The zero-order valence-electron chi connectivity index (χ0n) is 11.7. The summed E-state index contributed by atoms with van der Waals surface area (Å²) in [5, 5.41) is 1.37. The van der Waals surface area contributed by atoms with Crippen LogP contribution in [0.2, 0.25) is 10.0 Å². The second kappa shape index (κ2) is 5.46. The summed E-state index contributed by atoms with van der Waals surface area (Å²) >= 11 is 12.4. The molecule has 19 heavy (non-hydrogen) atoms. The summed E-state index contributed by atoms with van der Waals surface area (Å²) in [4.78, 5) is 12.3. The molecule has 0 radical (unpaired) electrons. The van der Waals surface area contributed by atoms with Crippen molar-refractivity contribution >= 4 is 29.0 Å². The van der Waals surface area contributed by atoms with Gasteiger partial charge >= 0.3 is 0 Å². The van der Waals surface area contributed by atoms with Gasteiger partial charge in [-0.15, -0.1) is 0 Å². The highest BCUT2D eigenvalue weighted by Crippen LogP contribution is 2.43. The van der Waals surface area contributed by atoms with Gasteiger partial charge in [0.1, 0.15) is 5.78 Å². The molecule has 1 aromatic carbocycles. The molecule has 1 aliphatic rings. The van der Waals surface area contributed by atoms with Gasteiger partial charge in [-0.2, -0.15) is 0 Å². The van der Waals surface area contributed by atoms with E-state index in [0.717, 1.165) is 18.4 Å². The second-order valence-electron chi connectivity index (χ2n) is 6.25. The highest BCUT2D eigenvalue weighted by molar-refractivity contribution is 6.33. The lowest BCUT2D eigenvalue weighted by molar-refractivity contribution is -0.128. The first-order chi connectivity index (χ1) is 8.82. The molecule has 3 heteroatoms. The molecule has 0 saturated heterocycles. The van der Waals surface area contributed by atoms with Crippen LogP contribution in [0.3, 0.4) is 0 Å². The molecule has 0 bridgehead atoms. The lowest BCUT2D eigenvalue weighted by Gasteiger charge is -2.38. The van der Waals surface area contributed by atoms with Crippen molar-refractivity contribution in [1.29, 1.82) is 0 Å². The number of ketones is 1. The molecule has 0 spiro atoms. The maximum Gasteiger partial charge on any atom is 0.137 e. The van der Waals surface area contributed by atoms with Crippen LogP contribution in [0.25, 0.3) is 0 Å². The van der Waals surface area contributed by atoms with Crippen molar-refractivity contribution in [3.8, 4) is 0 Å². The van der Waals surface area contributed by atoms with Crippen molar-refractivity contribution in [1.82, 2.24) is 0 Å². The number of rotatable bonds is 2. The summed E-state index contributed by atoms with van der Waals surface area (Å²) in [6, 6.07) is 5.50. The van der Waals surface area contributed by atoms with Gasteiger partial charge in [0.25, 0.3) is 0 Å². The van der Waals surface area contributed by atoms with Crippen LogP contribution in [-0.2, 0) is 10.2 Å². The molecule has 1 aliphatic carbocycles. The molecule has 0 amide bonds. The fourth-order valence-corrected chi connectivity index (χ4v) is 3.68. The van der Waals surface area contributed by atoms with Gasteiger partial charge in [-0.25, -0.2) is 0 Å². The Morgan fingerprint density at radius 2 is 1.89 bits per heavy atom. The summed E-state index contributed by atoms with van der Waals surface area (Å²) in [5.74, 6) is 0.911. The molecule has 2 atom stereocenters. The van der Waals surface area contributed by atoms with Crippen molar-refractivity contribution in [2.75, 3.05) is 0 Å². The highest BCUT2D eigenvalue weighted by atomic mass is 35.5. The quantitative estimate of drug-likeness (QED) is 0.726. The standard InChI is InChI=1S/C16H20Cl2O/c1-10-4-6-12(15(19)8-10)16(2,3)13-9-11(17)5-7-14(13)18/h5,7,9-10,12H,4,6,8H2,1-3H3. The lowest BCUT2D eigenvalue weighted by atomic mass is 9.65. The second-order valence-corrected chi connectivity index (χ2v) is 7.10. The van der Waals surface area contributed by atoms with E-state index in [-0.39, 0.29) is 11.3 Å². The molecule has 0 aliphatic heterocycles. The maximum atomic E-state index is 12.3. The number of carbonyl (C=O) groups excluding carboxylic acids is 1. The normalized spacial score (nSPS) is 24.6. The van der Waals surface area contributed by atoms with Gasteiger partial charge < -0.3 is 0 Å². The summed E-state index contributed by atoms with van der Waals surface area (Å²) < 4.78 is 0. The number of carbonyl (C=O) groups is 1. The first-order valence-electron chi connectivity index (χ1n) is 6.80. The van der Waals surface area contributed by atoms with E-state index in [0.29, 0.717) is 28.2 Å². The fraction of sp³-hybridized carbons (Fsp3) is 0.562. The van der Waals surface area contributed by atoms with Crippen LogP contribution >= 0.6 is 23.2 Å². The van der Waals surface area contributed by atoms with Crippen LogP contribution in [-0.4, -0.2) is 5.78 Å². The zero-order chi connectivity index (χ0) is 14.2. The Hall–Kier alpha value is -0.530. The molecule has 0 heterocycles. The minimum absolute atomic E-state index is 0.0414. The maximum absolute atomic E-state index is 12.3. The molecule has 104 valence electrons. The van der Waals surface area contributed by atoms with Crippen molar-refractivity contribution in [2.45, 2.75) is 45.4 Å². The Balaban J connectivity index is 2.36. The predicted octanol–water partition coefficient (Wildman–Crippen LogP) is 5.28. The van der Waals surface area contributed by atoms with Crippen molar-refractivity contribution in [2.24, 2.45) is 11.8 Å². The number of hydrogen-bond acceptors (Lipinski definition) is 1. The molecule has 2 unspecified atom stereocenters. The van der Waals surface area contributed by atoms with Crippen LogP contribution in [0.4, 0.5) is 0 Å². The van der Waals surface area contributed by atoms with E-state index in [4.69, 9.17) is 23.2 Å². The Kier molecular flexibility index (Phi) is 4.27. The molecule has 2 rings (SSSR count). The Morgan fingerprint density at radius 3 is 2.53 bits per heavy atom.